The number of hydrogen-bond donors (Lipinski definition) is 0. The van der Waals surface area contributed by atoms with Gasteiger partial charge in [-0.15, -0.1) is 0 Å². The summed E-state index contributed by atoms with van der Waals surface area (Å²) in [6, 6.07) is 38.8. The fourth-order valence-corrected chi connectivity index (χ4v) is 9.58. The Morgan fingerprint density at radius 1 is 0.633 bits per heavy atom. The number of rotatable bonds is 4. The van der Waals surface area contributed by atoms with Gasteiger partial charge in [0.2, 0.25) is 0 Å². The quantitative estimate of drug-likeness (QED) is 0.291. The van der Waals surface area contributed by atoms with Crippen molar-refractivity contribution in [3.63, 3.8) is 0 Å². The van der Waals surface area contributed by atoms with Gasteiger partial charge in [-0.2, -0.15) is 0 Å². The molecule has 4 aromatic rings. The van der Waals surface area contributed by atoms with Crippen LogP contribution in [0.5, 0.6) is 5.75 Å². The number of methoxy groups -OCH3 is 1. The largest absolute Gasteiger partial charge is 0.497 e. The van der Waals surface area contributed by atoms with Crippen LogP contribution in [-0.2, 0) is 0 Å². The summed E-state index contributed by atoms with van der Waals surface area (Å²) in [6.07, 6.45) is 0. The molecule has 1 aliphatic rings. The SMILES string of the molecule is COc1ccc(C2=C(c3ccccc3)c3ccccc3S2(Br)c2ccccc2)cc1. The lowest BCUT2D eigenvalue weighted by Gasteiger charge is -2.34. The molecule has 1 aliphatic heterocycles. The highest BCUT2D eigenvalue weighted by molar-refractivity contribution is 9.59. The van der Waals surface area contributed by atoms with Crippen molar-refractivity contribution in [1.29, 1.82) is 0 Å². The molecule has 0 aliphatic carbocycles. The topological polar surface area (TPSA) is 9.23 Å². The minimum Gasteiger partial charge on any atom is -0.497 e. The smallest absolute Gasteiger partial charge is 0.118 e. The normalized spacial score (nSPS) is 19.8. The second kappa shape index (κ2) is 7.82. The lowest BCUT2D eigenvalue weighted by atomic mass is 9.96. The summed E-state index contributed by atoms with van der Waals surface area (Å²) in [5, 5.41) is 0. The molecule has 0 bridgehead atoms. The summed E-state index contributed by atoms with van der Waals surface area (Å²) < 4.78 is 5.42. The van der Waals surface area contributed by atoms with E-state index in [0.717, 1.165) is 5.75 Å². The Morgan fingerprint density at radius 3 is 1.90 bits per heavy atom. The molecule has 0 fully saturated rings. The molecule has 0 radical (unpaired) electrons. The molecular formula is C27H21BrOS. The van der Waals surface area contributed by atoms with Crippen LogP contribution in [0.15, 0.2) is 119 Å². The molecule has 3 heteroatoms. The van der Waals surface area contributed by atoms with Gasteiger partial charge in [-0.05, 0) is 61.8 Å². The molecule has 30 heavy (non-hydrogen) atoms. The van der Waals surface area contributed by atoms with Gasteiger partial charge in [-0.1, -0.05) is 87.3 Å². The van der Waals surface area contributed by atoms with Gasteiger partial charge in [0, 0.05) is 20.3 Å². The minimum atomic E-state index is -1.60. The van der Waals surface area contributed by atoms with E-state index in [1.165, 1.54) is 37.0 Å². The van der Waals surface area contributed by atoms with Gasteiger partial charge in [-0.3, -0.25) is 0 Å². The fourth-order valence-electron chi connectivity index (χ4n) is 4.08. The van der Waals surface area contributed by atoms with E-state index in [9.17, 15) is 0 Å². The Morgan fingerprint density at radius 2 is 1.23 bits per heavy atom. The minimum absolute atomic E-state index is 0.867. The molecular weight excluding hydrogens is 452 g/mol. The third-order valence-electron chi connectivity index (χ3n) is 5.45. The lowest BCUT2D eigenvalue weighted by Crippen LogP contribution is -1.96. The first-order valence-electron chi connectivity index (χ1n) is 9.85. The number of halogens is 1. The number of hydrogen-bond acceptors (Lipinski definition) is 1. The molecule has 0 saturated heterocycles. The maximum absolute atomic E-state index is 5.42. The highest BCUT2D eigenvalue weighted by Gasteiger charge is 2.41. The summed E-state index contributed by atoms with van der Waals surface area (Å²) in [6.45, 7) is 0. The first-order chi connectivity index (χ1) is 14.7. The van der Waals surface area contributed by atoms with Gasteiger partial charge in [0.25, 0.3) is 0 Å². The summed E-state index contributed by atoms with van der Waals surface area (Å²) in [4.78, 5) is 3.99. The zero-order valence-electron chi connectivity index (χ0n) is 16.6. The molecule has 148 valence electrons. The van der Waals surface area contributed by atoms with Crippen LogP contribution < -0.4 is 4.74 Å². The molecule has 1 heterocycles. The highest BCUT2D eigenvalue weighted by atomic mass is 79.9. The van der Waals surface area contributed by atoms with Gasteiger partial charge in [-0.25, -0.2) is 0 Å². The van der Waals surface area contributed by atoms with E-state index in [0.29, 0.717) is 0 Å². The monoisotopic (exact) mass is 472 g/mol. The van der Waals surface area contributed by atoms with Gasteiger partial charge in [0.05, 0.1) is 7.11 Å². The average Bonchev–Trinajstić information content (AvgIpc) is 3.10. The van der Waals surface area contributed by atoms with Crippen molar-refractivity contribution in [1.82, 2.24) is 0 Å². The zero-order chi connectivity index (χ0) is 20.6. The van der Waals surface area contributed by atoms with Gasteiger partial charge in [0.15, 0.2) is 0 Å². The van der Waals surface area contributed by atoms with Crippen LogP contribution in [0.3, 0.4) is 0 Å². The van der Waals surface area contributed by atoms with E-state index in [-0.39, 0.29) is 0 Å². The van der Waals surface area contributed by atoms with Crippen molar-refractivity contribution in [2.45, 2.75) is 9.79 Å². The van der Waals surface area contributed by atoms with E-state index in [4.69, 9.17) is 4.74 Å². The predicted molar refractivity (Wildman–Crippen MR) is 131 cm³/mol. The molecule has 0 N–H and O–H groups in total. The van der Waals surface area contributed by atoms with E-state index < -0.39 is 8.46 Å². The maximum atomic E-state index is 5.42. The molecule has 0 amide bonds. The van der Waals surface area contributed by atoms with Crippen LogP contribution in [-0.4, -0.2) is 7.11 Å². The van der Waals surface area contributed by atoms with Crippen LogP contribution in [0.4, 0.5) is 0 Å². The third-order valence-corrected chi connectivity index (χ3v) is 11.5. The van der Waals surface area contributed by atoms with Crippen molar-refractivity contribution < 1.29 is 4.74 Å². The Bertz CT molecular complexity index is 1220. The molecule has 0 spiro atoms. The van der Waals surface area contributed by atoms with E-state index in [1.54, 1.807) is 7.11 Å². The summed E-state index contributed by atoms with van der Waals surface area (Å²) in [5.41, 5.74) is 5.04. The number of ether oxygens (including phenoxy) is 1. The number of benzene rings is 4. The first-order valence-corrected chi connectivity index (χ1v) is 13.3. The molecule has 1 nitrogen and oxygen atoms in total. The van der Waals surface area contributed by atoms with Crippen molar-refractivity contribution in [3.05, 3.63) is 126 Å². The Labute approximate surface area is 186 Å². The zero-order valence-corrected chi connectivity index (χ0v) is 19.0. The first kappa shape index (κ1) is 19.2. The Balaban J connectivity index is 1.88. The predicted octanol–water partition coefficient (Wildman–Crippen LogP) is 8.16. The van der Waals surface area contributed by atoms with Gasteiger partial charge < -0.3 is 4.74 Å². The molecule has 5 rings (SSSR count). The molecule has 1 atom stereocenters. The summed E-state index contributed by atoms with van der Waals surface area (Å²) in [5.74, 6) is 0.867. The molecule has 4 aromatic carbocycles. The summed E-state index contributed by atoms with van der Waals surface area (Å²) in [7, 11) is 0.106. The van der Waals surface area contributed by atoms with E-state index in [1.807, 2.05) is 12.1 Å². The highest BCUT2D eigenvalue weighted by Crippen LogP contribution is 2.82. The van der Waals surface area contributed by atoms with Gasteiger partial charge in [0.1, 0.15) is 5.75 Å². The standard InChI is InChI=1S/C27H21BrOS/c1-29-22-18-16-21(17-19-22)27-26(20-10-4-2-5-11-20)24-14-8-9-15-25(24)30(27,28)23-12-6-3-7-13-23/h2-19H,1H3. The Kier molecular flexibility index (Phi) is 5.01. The average molecular weight is 473 g/mol. The molecule has 0 saturated carbocycles. The second-order valence-electron chi connectivity index (χ2n) is 7.15. The van der Waals surface area contributed by atoms with Crippen LogP contribution in [0.25, 0.3) is 10.5 Å². The van der Waals surface area contributed by atoms with Crippen LogP contribution in [0, 0.1) is 0 Å². The van der Waals surface area contributed by atoms with Crippen molar-refractivity contribution in [2.24, 2.45) is 0 Å². The number of fused-ring (bicyclic) bond motifs is 1. The van der Waals surface area contributed by atoms with Crippen LogP contribution in [0.2, 0.25) is 0 Å². The molecule has 1 unspecified atom stereocenters. The molecule has 0 aromatic heterocycles. The fraction of sp³-hybridized carbons (Fsp3) is 0.0370. The van der Waals surface area contributed by atoms with Gasteiger partial charge >= 0.3 is 0 Å². The van der Waals surface area contributed by atoms with E-state index in [2.05, 4.69) is 112 Å². The lowest BCUT2D eigenvalue weighted by molar-refractivity contribution is 0.415. The van der Waals surface area contributed by atoms with Crippen molar-refractivity contribution in [3.8, 4) is 5.75 Å². The summed E-state index contributed by atoms with van der Waals surface area (Å²) >= 11 is 4.32. The van der Waals surface area contributed by atoms with Crippen molar-refractivity contribution in [2.75, 3.05) is 7.11 Å². The third kappa shape index (κ3) is 3.01. The van der Waals surface area contributed by atoms with Crippen molar-refractivity contribution >= 4 is 33.8 Å². The van der Waals surface area contributed by atoms with Crippen LogP contribution >= 0.6 is 23.3 Å². The van der Waals surface area contributed by atoms with Crippen LogP contribution in [0.1, 0.15) is 16.7 Å². The Hall–Kier alpha value is -2.75. The maximum Gasteiger partial charge on any atom is 0.118 e. The second-order valence-corrected chi connectivity index (χ2v) is 12.5. The van der Waals surface area contributed by atoms with E-state index >= 15 is 0 Å².